The number of methoxy groups -OCH3 is 1. The maximum Gasteiger partial charge on any atom is 0.316 e. The quantitative estimate of drug-likeness (QED) is 0.628. The van der Waals surface area contributed by atoms with Gasteiger partial charge in [-0.25, -0.2) is 0 Å². The molecule has 2 aromatic rings. The summed E-state index contributed by atoms with van der Waals surface area (Å²) in [5.41, 5.74) is 2.35. The SMILES string of the molecule is CCn1c(SCC(=O)OC)nnc1-c1csc(C)c1C. The smallest absolute Gasteiger partial charge is 0.316 e. The molecule has 0 amide bonds. The number of hydrogen-bond donors (Lipinski definition) is 0. The minimum absolute atomic E-state index is 0.246. The summed E-state index contributed by atoms with van der Waals surface area (Å²) in [6.07, 6.45) is 0. The van der Waals surface area contributed by atoms with Crippen LogP contribution in [0.5, 0.6) is 0 Å². The van der Waals surface area contributed by atoms with Gasteiger partial charge in [-0.3, -0.25) is 4.79 Å². The lowest BCUT2D eigenvalue weighted by molar-refractivity contribution is -0.137. The highest BCUT2D eigenvalue weighted by Crippen LogP contribution is 2.31. The van der Waals surface area contributed by atoms with Crippen molar-refractivity contribution in [2.45, 2.75) is 32.5 Å². The fraction of sp³-hybridized carbons (Fsp3) is 0.462. The molecule has 0 aromatic carbocycles. The molecular weight excluding hydrogens is 294 g/mol. The van der Waals surface area contributed by atoms with Crippen LogP contribution in [0, 0.1) is 13.8 Å². The number of hydrogen-bond acceptors (Lipinski definition) is 6. The van der Waals surface area contributed by atoms with Crippen molar-refractivity contribution in [2.75, 3.05) is 12.9 Å². The molecule has 0 atom stereocenters. The van der Waals surface area contributed by atoms with Crippen molar-refractivity contribution in [1.82, 2.24) is 14.8 Å². The second-order valence-electron chi connectivity index (χ2n) is 4.25. The molecule has 108 valence electrons. The lowest BCUT2D eigenvalue weighted by Crippen LogP contribution is -2.05. The molecule has 20 heavy (non-hydrogen) atoms. The molecule has 0 aliphatic rings. The zero-order valence-corrected chi connectivity index (χ0v) is 13.6. The zero-order chi connectivity index (χ0) is 14.7. The van der Waals surface area contributed by atoms with E-state index >= 15 is 0 Å². The molecule has 0 aliphatic carbocycles. The Balaban J connectivity index is 2.30. The van der Waals surface area contributed by atoms with Gasteiger partial charge in [0.2, 0.25) is 0 Å². The molecule has 5 nitrogen and oxygen atoms in total. The van der Waals surface area contributed by atoms with Gasteiger partial charge in [0.15, 0.2) is 11.0 Å². The van der Waals surface area contributed by atoms with Crippen LogP contribution in [0.2, 0.25) is 0 Å². The van der Waals surface area contributed by atoms with Crippen molar-refractivity contribution in [3.05, 3.63) is 15.8 Å². The molecule has 0 unspecified atom stereocenters. The third-order valence-electron chi connectivity index (χ3n) is 3.11. The Morgan fingerprint density at radius 1 is 1.45 bits per heavy atom. The standard InChI is InChI=1S/C13H17N3O2S2/c1-5-16-12(10-6-19-9(3)8(10)2)14-15-13(16)20-7-11(17)18-4/h6H,5,7H2,1-4H3. The number of carbonyl (C=O) groups excluding carboxylic acids is 1. The largest absolute Gasteiger partial charge is 0.468 e. The number of carbonyl (C=O) groups is 1. The average Bonchev–Trinajstić information content (AvgIpc) is 3.00. The van der Waals surface area contributed by atoms with E-state index in [9.17, 15) is 4.79 Å². The maximum atomic E-state index is 11.2. The predicted octanol–water partition coefficient (Wildman–Crippen LogP) is 2.91. The first kappa shape index (κ1) is 15.1. The van der Waals surface area contributed by atoms with Crippen LogP contribution < -0.4 is 0 Å². The van der Waals surface area contributed by atoms with Crippen molar-refractivity contribution in [3.8, 4) is 11.4 Å². The van der Waals surface area contributed by atoms with E-state index in [1.54, 1.807) is 11.3 Å². The number of aromatic nitrogens is 3. The van der Waals surface area contributed by atoms with Crippen LogP contribution in [0.4, 0.5) is 0 Å². The minimum atomic E-state index is -0.259. The number of ether oxygens (including phenoxy) is 1. The van der Waals surface area contributed by atoms with Gasteiger partial charge in [0, 0.05) is 22.4 Å². The van der Waals surface area contributed by atoms with E-state index in [1.165, 1.54) is 29.3 Å². The fourth-order valence-electron chi connectivity index (χ4n) is 1.80. The molecule has 0 N–H and O–H groups in total. The van der Waals surface area contributed by atoms with Crippen molar-refractivity contribution in [1.29, 1.82) is 0 Å². The maximum absolute atomic E-state index is 11.2. The van der Waals surface area contributed by atoms with Gasteiger partial charge in [-0.2, -0.15) is 0 Å². The van der Waals surface area contributed by atoms with E-state index in [2.05, 4.69) is 34.2 Å². The van der Waals surface area contributed by atoms with Crippen LogP contribution >= 0.6 is 23.1 Å². The van der Waals surface area contributed by atoms with Crippen LogP contribution in [0.3, 0.4) is 0 Å². The summed E-state index contributed by atoms with van der Waals surface area (Å²) >= 11 is 3.06. The monoisotopic (exact) mass is 311 g/mol. The first-order chi connectivity index (χ1) is 9.58. The second-order valence-corrected chi connectivity index (χ2v) is 6.27. The molecular formula is C13H17N3O2S2. The Labute approximate surface area is 126 Å². The van der Waals surface area contributed by atoms with Crippen LogP contribution in [0.25, 0.3) is 11.4 Å². The molecule has 0 spiro atoms. The van der Waals surface area contributed by atoms with Gasteiger partial charge >= 0.3 is 5.97 Å². The summed E-state index contributed by atoms with van der Waals surface area (Å²) in [7, 11) is 1.39. The minimum Gasteiger partial charge on any atom is -0.468 e. The summed E-state index contributed by atoms with van der Waals surface area (Å²) in [5.74, 6) is 0.850. The van der Waals surface area contributed by atoms with Crippen LogP contribution in [0.1, 0.15) is 17.4 Å². The zero-order valence-electron chi connectivity index (χ0n) is 12.0. The predicted molar refractivity (Wildman–Crippen MR) is 81.2 cm³/mol. The summed E-state index contributed by atoms with van der Waals surface area (Å²) in [6, 6.07) is 0. The van der Waals surface area contributed by atoms with Gasteiger partial charge in [-0.15, -0.1) is 21.5 Å². The van der Waals surface area contributed by atoms with Crippen molar-refractivity contribution in [2.24, 2.45) is 0 Å². The highest BCUT2D eigenvalue weighted by Gasteiger charge is 2.17. The van der Waals surface area contributed by atoms with Gasteiger partial charge in [-0.05, 0) is 26.3 Å². The number of esters is 1. The van der Waals surface area contributed by atoms with E-state index in [4.69, 9.17) is 0 Å². The summed E-state index contributed by atoms with van der Waals surface area (Å²) in [6.45, 7) is 7.00. The molecule has 7 heteroatoms. The Kier molecular flexibility index (Phi) is 4.82. The average molecular weight is 311 g/mol. The van der Waals surface area contributed by atoms with Gasteiger partial charge in [0.1, 0.15) is 0 Å². The molecule has 0 aliphatic heterocycles. The number of thiophene rings is 1. The Hall–Kier alpha value is -1.34. The first-order valence-corrected chi connectivity index (χ1v) is 8.12. The Bertz CT molecular complexity index is 619. The number of nitrogens with zero attached hydrogens (tertiary/aromatic N) is 3. The molecule has 0 saturated heterocycles. The highest BCUT2D eigenvalue weighted by atomic mass is 32.2. The molecule has 0 bridgehead atoms. The normalized spacial score (nSPS) is 10.8. The topological polar surface area (TPSA) is 57.0 Å². The fourth-order valence-corrected chi connectivity index (χ4v) is 3.49. The van der Waals surface area contributed by atoms with E-state index in [0.29, 0.717) is 0 Å². The number of thioether (sulfide) groups is 1. The number of rotatable bonds is 5. The molecule has 0 radical (unpaired) electrons. The highest BCUT2D eigenvalue weighted by molar-refractivity contribution is 7.99. The van der Waals surface area contributed by atoms with Gasteiger partial charge in [0.05, 0.1) is 12.9 Å². The number of aryl methyl sites for hydroxylation is 1. The van der Waals surface area contributed by atoms with Crippen LogP contribution in [0.15, 0.2) is 10.5 Å². The third kappa shape index (κ3) is 2.88. The van der Waals surface area contributed by atoms with Crippen LogP contribution in [-0.4, -0.2) is 33.6 Å². The first-order valence-electron chi connectivity index (χ1n) is 6.26. The van der Waals surface area contributed by atoms with E-state index < -0.39 is 0 Å². The van der Waals surface area contributed by atoms with Crippen molar-refractivity contribution >= 4 is 29.1 Å². The van der Waals surface area contributed by atoms with Crippen LogP contribution in [-0.2, 0) is 16.1 Å². The lowest BCUT2D eigenvalue weighted by atomic mass is 10.1. The second kappa shape index (κ2) is 6.41. The van der Waals surface area contributed by atoms with E-state index in [0.717, 1.165) is 23.1 Å². The Morgan fingerprint density at radius 2 is 2.20 bits per heavy atom. The van der Waals surface area contributed by atoms with E-state index in [-0.39, 0.29) is 11.7 Å². The summed E-state index contributed by atoms with van der Waals surface area (Å²) < 4.78 is 6.67. The molecule has 2 aromatic heterocycles. The molecule has 2 rings (SSSR count). The summed E-state index contributed by atoms with van der Waals surface area (Å²) in [5, 5.41) is 11.3. The third-order valence-corrected chi connectivity index (χ3v) is 5.06. The van der Waals surface area contributed by atoms with Gasteiger partial charge in [0.25, 0.3) is 0 Å². The molecule has 0 saturated carbocycles. The lowest BCUT2D eigenvalue weighted by Gasteiger charge is -2.06. The van der Waals surface area contributed by atoms with Gasteiger partial charge < -0.3 is 9.30 Å². The summed E-state index contributed by atoms with van der Waals surface area (Å²) in [4.78, 5) is 12.5. The Morgan fingerprint density at radius 3 is 2.75 bits per heavy atom. The molecule has 2 heterocycles. The van der Waals surface area contributed by atoms with Crippen molar-refractivity contribution < 1.29 is 9.53 Å². The van der Waals surface area contributed by atoms with E-state index in [1.807, 2.05) is 11.5 Å². The van der Waals surface area contributed by atoms with Crippen molar-refractivity contribution in [3.63, 3.8) is 0 Å². The molecule has 0 fully saturated rings. The van der Waals surface area contributed by atoms with Gasteiger partial charge in [-0.1, -0.05) is 11.8 Å².